The molecule has 0 aromatic rings. The maximum atomic E-state index is 5.88. The molecular weight excluding hydrogens is 260 g/mol. The highest BCUT2D eigenvalue weighted by atomic mass is 16.5. The Morgan fingerprint density at radius 3 is 1.76 bits per heavy atom. The number of hydrogen-bond acceptors (Lipinski definition) is 3. The summed E-state index contributed by atoms with van der Waals surface area (Å²) in [5.41, 5.74) is 0. The molecule has 1 saturated carbocycles. The first-order valence-electron chi connectivity index (χ1n) is 9.25. The molecule has 21 heavy (non-hydrogen) atoms. The molecule has 2 heterocycles. The summed E-state index contributed by atoms with van der Waals surface area (Å²) >= 11 is 0. The summed E-state index contributed by atoms with van der Waals surface area (Å²) in [6.45, 7) is 11.8. The van der Waals surface area contributed by atoms with Gasteiger partial charge in [-0.2, -0.15) is 0 Å². The molecule has 0 spiro atoms. The first-order valence-corrected chi connectivity index (χ1v) is 9.25. The molecule has 3 fully saturated rings. The molecule has 1 aliphatic carbocycles. The molecule has 0 N–H and O–H groups in total. The molecule has 0 aromatic heterocycles. The largest absolute Gasteiger partial charge is 0.373 e. The second kappa shape index (κ2) is 6.97. The van der Waals surface area contributed by atoms with Crippen LogP contribution in [0.25, 0.3) is 0 Å². The number of morpholine rings is 1. The van der Waals surface area contributed by atoms with Crippen LogP contribution in [0.1, 0.15) is 59.3 Å². The Labute approximate surface area is 131 Å². The fourth-order valence-corrected chi connectivity index (χ4v) is 4.74. The molecule has 3 rings (SSSR count). The van der Waals surface area contributed by atoms with Gasteiger partial charge in [0.2, 0.25) is 0 Å². The van der Waals surface area contributed by atoms with E-state index in [0.29, 0.717) is 12.2 Å². The SMILES string of the molecule is CC1CCC(N2CCC(N3C[C@@H](C)O[C@@H](C)C3)CC2)CC1. The molecule has 3 heteroatoms. The Morgan fingerprint density at radius 1 is 0.667 bits per heavy atom. The minimum absolute atomic E-state index is 0.409. The zero-order valence-electron chi connectivity index (χ0n) is 14.3. The van der Waals surface area contributed by atoms with Crippen LogP contribution in [-0.4, -0.2) is 60.3 Å². The van der Waals surface area contributed by atoms with Crippen LogP contribution in [0.5, 0.6) is 0 Å². The van der Waals surface area contributed by atoms with E-state index in [-0.39, 0.29) is 0 Å². The second-order valence-electron chi connectivity index (χ2n) is 7.89. The van der Waals surface area contributed by atoms with Crippen molar-refractivity contribution in [3.8, 4) is 0 Å². The third-order valence-corrected chi connectivity index (χ3v) is 5.97. The van der Waals surface area contributed by atoms with Crippen LogP contribution in [0.2, 0.25) is 0 Å². The van der Waals surface area contributed by atoms with Gasteiger partial charge in [-0.15, -0.1) is 0 Å². The van der Waals surface area contributed by atoms with E-state index < -0.39 is 0 Å². The fourth-order valence-electron chi connectivity index (χ4n) is 4.74. The van der Waals surface area contributed by atoms with Gasteiger partial charge in [0.1, 0.15) is 0 Å². The summed E-state index contributed by atoms with van der Waals surface area (Å²) in [5, 5.41) is 0. The monoisotopic (exact) mass is 294 g/mol. The summed E-state index contributed by atoms with van der Waals surface area (Å²) in [4.78, 5) is 5.51. The van der Waals surface area contributed by atoms with Crippen molar-refractivity contribution in [3.05, 3.63) is 0 Å². The summed E-state index contributed by atoms with van der Waals surface area (Å²) in [5.74, 6) is 0.968. The molecule has 2 atom stereocenters. The molecule has 122 valence electrons. The zero-order chi connectivity index (χ0) is 14.8. The van der Waals surface area contributed by atoms with Gasteiger partial charge >= 0.3 is 0 Å². The third kappa shape index (κ3) is 4.00. The van der Waals surface area contributed by atoms with Crippen LogP contribution < -0.4 is 0 Å². The lowest BCUT2D eigenvalue weighted by Crippen LogP contribution is -2.54. The van der Waals surface area contributed by atoms with Crippen molar-refractivity contribution in [1.29, 1.82) is 0 Å². The van der Waals surface area contributed by atoms with Crippen LogP contribution in [0, 0.1) is 5.92 Å². The van der Waals surface area contributed by atoms with E-state index in [0.717, 1.165) is 31.1 Å². The topological polar surface area (TPSA) is 15.7 Å². The Balaban J connectivity index is 1.46. The lowest BCUT2D eigenvalue weighted by atomic mass is 9.85. The van der Waals surface area contributed by atoms with Crippen LogP contribution in [-0.2, 0) is 4.74 Å². The van der Waals surface area contributed by atoms with Crippen LogP contribution in [0.15, 0.2) is 0 Å². The highest BCUT2D eigenvalue weighted by Gasteiger charge is 2.32. The highest BCUT2D eigenvalue weighted by molar-refractivity contribution is 4.87. The summed E-state index contributed by atoms with van der Waals surface area (Å²) in [6.07, 6.45) is 9.33. The molecule has 0 radical (unpaired) electrons. The van der Waals surface area contributed by atoms with Gasteiger partial charge in [0.05, 0.1) is 12.2 Å². The standard InChI is InChI=1S/C18H34N2O/c1-14-4-6-17(7-5-14)19-10-8-18(9-11-19)20-12-15(2)21-16(3)13-20/h14-18H,4-13H2,1-3H3/t14?,15-,16+,17?. The average molecular weight is 294 g/mol. The van der Waals surface area contributed by atoms with E-state index in [2.05, 4.69) is 30.6 Å². The highest BCUT2D eigenvalue weighted by Crippen LogP contribution is 2.30. The van der Waals surface area contributed by atoms with E-state index in [1.807, 2.05) is 0 Å². The first kappa shape index (κ1) is 15.8. The van der Waals surface area contributed by atoms with Gasteiger partial charge in [0.15, 0.2) is 0 Å². The third-order valence-electron chi connectivity index (χ3n) is 5.97. The smallest absolute Gasteiger partial charge is 0.0678 e. The van der Waals surface area contributed by atoms with E-state index in [9.17, 15) is 0 Å². The van der Waals surface area contributed by atoms with Crippen molar-refractivity contribution in [2.24, 2.45) is 5.92 Å². The number of hydrogen-bond donors (Lipinski definition) is 0. The maximum absolute atomic E-state index is 5.88. The molecular formula is C18H34N2O. The number of likely N-dealkylation sites (tertiary alicyclic amines) is 1. The number of ether oxygens (including phenoxy) is 1. The van der Waals surface area contributed by atoms with E-state index in [4.69, 9.17) is 4.74 Å². The van der Waals surface area contributed by atoms with E-state index in [1.165, 1.54) is 51.6 Å². The lowest BCUT2D eigenvalue weighted by Gasteiger charge is -2.46. The predicted octanol–water partition coefficient (Wildman–Crippen LogP) is 3.14. The minimum Gasteiger partial charge on any atom is -0.373 e. The summed E-state index contributed by atoms with van der Waals surface area (Å²) < 4.78 is 5.88. The summed E-state index contributed by atoms with van der Waals surface area (Å²) in [6, 6.07) is 1.70. The van der Waals surface area contributed by atoms with Crippen LogP contribution >= 0.6 is 0 Å². The minimum atomic E-state index is 0.409. The Bertz CT molecular complexity index is 309. The molecule has 0 aromatic carbocycles. The first-order chi connectivity index (χ1) is 10.1. The zero-order valence-corrected chi connectivity index (χ0v) is 14.3. The normalized spacial score (nSPS) is 41.3. The van der Waals surface area contributed by atoms with Gasteiger partial charge < -0.3 is 9.64 Å². The maximum Gasteiger partial charge on any atom is 0.0678 e. The fraction of sp³-hybridized carbons (Fsp3) is 1.00. The Hall–Kier alpha value is -0.120. The van der Waals surface area contributed by atoms with Gasteiger partial charge in [-0.1, -0.05) is 6.92 Å². The van der Waals surface area contributed by atoms with Crippen LogP contribution in [0.3, 0.4) is 0 Å². The van der Waals surface area contributed by atoms with Gasteiger partial charge in [-0.3, -0.25) is 4.90 Å². The molecule has 0 amide bonds. The average Bonchev–Trinajstić information content (AvgIpc) is 2.47. The summed E-state index contributed by atoms with van der Waals surface area (Å²) in [7, 11) is 0. The van der Waals surface area contributed by atoms with Gasteiger partial charge in [-0.05, 0) is 71.4 Å². The van der Waals surface area contributed by atoms with Crippen molar-refractivity contribution < 1.29 is 4.74 Å². The number of piperidine rings is 1. The van der Waals surface area contributed by atoms with Crippen molar-refractivity contribution in [2.75, 3.05) is 26.2 Å². The quantitative estimate of drug-likeness (QED) is 0.778. The predicted molar refractivity (Wildman–Crippen MR) is 87.6 cm³/mol. The number of rotatable bonds is 2. The van der Waals surface area contributed by atoms with Gasteiger partial charge in [0, 0.05) is 25.2 Å². The molecule has 3 nitrogen and oxygen atoms in total. The Kier molecular flexibility index (Phi) is 5.23. The van der Waals surface area contributed by atoms with E-state index >= 15 is 0 Å². The van der Waals surface area contributed by atoms with Crippen molar-refractivity contribution in [1.82, 2.24) is 9.80 Å². The van der Waals surface area contributed by atoms with Crippen molar-refractivity contribution >= 4 is 0 Å². The lowest BCUT2D eigenvalue weighted by molar-refractivity contribution is -0.0878. The molecule has 0 bridgehead atoms. The van der Waals surface area contributed by atoms with Gasteiger partial charge in [0.25, 0.3) is 0 Å². The Morgan fingerprint density at radius 2 is 1.19 bits per heavy atom. The van der Waals surface area contributed by atoms with Gasteiger partial charge in [-0.25, -0.2) is 0 Å². The molecule has 0 unspecified atom stereocenters. The molecule has 2 aliphatic heterocycles. The molecule has 3 aliphatic rings. The van der Waals surface area contributed by atoms with Crippen LogP contribution in [0.4, 0.5) is 0 Å². The number of nitrogens with zero attached hydrogens (tertiary/aromatic N) is 2. The second-order valence-corrected chi connectivity index (χ2v) is 7.89. The molecule has 2 saturated heterocycles. The van der Waals surface area contributed by atoms with Crippen molar-refractivity contribution in [2.45, 2.75) is 83.6 Å². The van der Waals surface area contributed by atoms with E-state index in [1.54, 1.807) is 0 Å². The van der Waals surface area contributed by atoms with Crippen molar-refractivity contribution in [3.63, 3.8) is 0 Å².